The van der Waals surface area contributed by atoms with E-state index in [1.807, 2.05) is 13.8 Å². The zero-order chi connectivity index (χ0) is 9.23. The molecule has 0 bridgehead atoms. The maximum Gasteiger partial charge on any atom is 0.154 e. The Morgan fingerprint density at radius 1 is 1.33 bits per heavy atom. The molecule has 0 saturated carbocycles. The van der Waals surface area contributed by atoms with E-state index in [1.165, 1.54) is 0 Å². The highest BCUT2D eigenvalue weighted by Gasteiger charge is 1.98. The van der Waals surface area contributed by atoms with E-state index in [-0.39, 0.29) is 6.29 Å². The van der Waals surface area contributed by atoms with Crippen LogP contribution in [0.25, 0.3) is 0 Å². The van der Waals surface area contributed by atoms with Crippen molar-refractivity contribution in [3.8, 4) is 12.3 Å². The predicted molar refractivity (Wildman–Crippen MR) is 49.7 cm³/mol. The average molecular weight is 170 g/mol. The van der Waals surface area contributed by atoms with E-state index < -0.39 is 0 Å². The number of hydrogen-bond acceptors (Lipinski definition) is 2. The Kier molecular flexibility index (Phi) is 8.20. The van der Waals surface area contributed by atoms with Gasteiger partial charge in [-0.3, -0.25) is 0 Å². The molecule has 0 fully saturated rings. The summed E-state index contributed by atoms with van der Waals surface area (Å²) in [5.41, 5.74) is 0. The lowest BCUT2D eigenvalue weighted by Gasteiger charge is -2.11. The Morgan fingerprint density at radius 2 is 2.08 bits per heavy atom. The third-order valence-corrected chi connectivity index (χ3v) is 1.47. The Morgan fingerprint density at radius 3 is 2.67 bits per heavy atom. The molecule has 0 aromatic rings. The maximum atomic E-state index is 5.34. The molecule has 2 heteroatoms. The fourth-order valence-corrected chi connectivity index (χ4v) is 0.861. The molecule has 0 aliphatic carbocycles. The van der Waals surface area contributed by atoms with E-state index in [2.05, 4.69) is 5.92 Å². The van der Waals surface area contributed by atoms with E-state index in [0.29, 0.717) is 6.61 Å². The summed E-state index contributed by atoms with van der Waals surface area (Å²) in [6.07, 6.45) is 7.91. The van der Waals surface area contributed by atoms with E-state index in [0.717, 1.165) is 25.9 Å². The summed E-state index contributed by atoms with van der Waals surface area (Å²) >= 11 is 0. The zero-order valence-corrected chi connectivity index (χ0v) is 8.01. The SMILES string of the molecule is C#CCCCCOC(C)OCC. The van der Waals surface area contributed by atoms with Crippen molar-refractivity contribution in [2.24, 2.45) is 0 Å². The third kappa shape index (κ3) is 7.59. The number of rotatable bonds is 7. The zero-order valence-electron chi connectivity index (χ0n) is 8.01. The molecule has 0 aromatic heterocycles. The van der Waals surface area contributed by atoms with Crippen LogP contribution in [-0.2, 0) is 9.47 Å². The van der Waals surface area contributed by atoms with Crippen molar-refractivity contribution >= 4 is 0 Å². The fraction of sp³-hybridized carbons (Fsp3) is 0.800. The largest absolute Gasteiger partial charge is 0.353 e. The van der Waals surface area contributed by atoms with Gasteiger partial charge in [0.1, 0.15) is 0 Å². The van der Waals surface area contributed by atoms with Crippen LogP contribution in [0.3, 0.4) is 0 Å². The van der Waals surface area contributed by atoms with Gasteiger partial charge in [0.25, 0.3) is 0 Å². The molecular weight excluding hydrogens is 152 g/mol. The van der Waals surface area contributed by atoms with Gasteiger partial charge in [-0.05, 0) is 26.7 Å². The van der Waals surface area contributed by atoms with E-state index >= 15 is 0 Å². The lowest BCUT2D eigenvalue weighted by atomic mass is 10.2. The molecule has 0 saturated heterocycles. The summed E-state index contributed by atoms with van der Waals surface area (Å²) in [5, 5.41) is 0. The summed E-state index contributed by atoms with van der Waals surface area (Å²) < 4.78 is 10.5. The lowest BCUT2D eigenvalue weighted by molar-refractivity contribution is -0.127. The van der Waals surface area contributed by atoms with Gasteiger partial charge in [0, 0.05) is 19.6 Å². The Bertz CT molecular complexity index is 126. The predicted octanol–water partition coefficient (Wildman–Crippen LogP) is 2.19. The molecule has 0 aromatic carbocycles. The highest BCUT2D eigenvalue weighted by molar-refractivity contribution is 4.82. The van der Waals surface area contributed by atoms with Crippen molar-refractivity contribution < 1.29 is 9.47 Å². The summed E-state index contributed by atoms with van der Waals surface area (Å²) in [4.78, 5) is 0. The van der Waals surface area contributed by atoms with Gasteiger partial charge in [-0.15, -0.1) is 12.3 Å². The van der Waals surface area contributed by atoms with Crippen molar-refractivity contribution in [3.63, 3.8) is 0 Å². The molecule has 1 atom stereocenters. The Balaban J connectivity index is 3.04. The van der Waals surface area contributed by atoms with Crippen molar-refractivity contribution in [3.05, 3.63) is 0 Å². The topological polar surface area (TPSA) is 18.5 Å². The molecule has 0 radical (unpaired) electrons. The molecule has 0 N–H and O–H groups in total. The van der Waals surface area contributed by atoms with Crippen LogP contribution in [0.2, 0.25) is 0 Å². The highest BCUT2D eigenvalue weighted by Crippen LogP contribution is 1.98. The van der Waals surface area contributed by atoms with Crippen molar-refractivity contribution in [1.29, 1.82) is 0 Å². The number of terminal acetylenes is 1. The molecule has 0 rings (SSSR count). The first-order chi connectivity index (χ1) is 5.81. The summed E-state index contributed by atoms with van der Waals surface area (Å²) in [6, 6.07) is 0. The summed E-state index contributed by atoms with van der Waals surface area (Å²) in [7, 11) is 0. The quantitative estimate of drug-likeness (QED) is 0.331. The first-order valence-electron chi connectivity index (χ1n) is 4.48. The first-order valence-corrected chi connectivity index (χ1v) is 4.48. The van der Waals surface area contributed by atoms with Crippen LogP contribution in [0.15, 0.2) is 0 Å². The minimum absolute atomic E-state index is 0.0826. The Hall–Kier alpha value is -0.520. The maximum absolute atomic E-state index is 5.34. The van der Waals surface area contributed by atoms with Gasteiger partial charge in [-0.25, -0.2) is 0 Å². The molecule has 1 unspecified atom stereocenters. The Labute approximate surface area is 75.3 Å². The number of ether oxygens (including phenoxy) is 2. The summed E-state index contributed by atoms with van der Waals surface area (Å²) in [5.74, 6) is 2.59. The molecule has 0 amide bonds. The van der Waals surface area contributed by atoms with Gasteiger partial charge in [-0.2, -0.15) is 0 Å². The fourth-order valence-electron chi connectivity index (χ4n) is 0.861. The van der Waals surface area contributed by atoms with Gasteiger partial charge < -0.3 is 9.47 Å². The minimum Gasteiger partial charge on any atom is -0.353 e. The monoisotopic (exact) mass is 170 g/mol. The van der Waals surface area contributed by atoms with Crippen LogP contribution < -0.4 is 0 Å². The molecule has 0 heterocycles. The van der Waals surface area contributed by atoms with Gasteiger partial charge in [0.05, 0.1) is 0 Å². The molecule has 0 spiro atoms. The van der Waals surface area contributed by atoms with Crippen LogP contribution in [0, 0.1) is 12.3 Å². The lowest BCUT2D eigenvalue weighted by Crippen LogP contribution is -2.13. The summed E-state index contributed by atoms with van der Waals surface area (Å²) in [6.45, 7) is 5.30. The first kappa shape index (κ1) is 11.5. The minimum atomic E-state index is -0.0826. The number of unbranched alkanes of at least 4 members (excludes halogenated alkanes) is 2. The number of hydrogen-bond donors (Lipinski definition) is 0. The molecule has 70 valence electrons. The van der Waals surface area contributed by atoms with Gasteiger partial charge in [0.2, 0.25) is 0 Å². The second kappa shape index (κ2) is 8.58. The standard InChI is InChI=1S/C10H18O2/c1-4-6-7-8-9-12-10(3)11-5-2/h1,10H,5-9H2,2-3H3. The molecule has 2 nitrogen and oxygen atoms in total. The second-order valence-electron chi connectivity index (χ2n) is 2.55. The molecular formula is C10H18O2. The van der Waals surface area contributed by atoms with Gasteiger partial charge in [0.15, 0.2) is 6.29 Å². The van der Waals surface area contributed by atoms with E-state index in [9.17, 15) is 0 Å². The second-order valence-corrected chi connectivity index (χ2v) is 2.55. The van der Waals surface area contributed by atoms with Crippen molar-refractivity contribution in [1.82, 2.24) is 0 Å². The average Bonchev–Trinajstić information content (AvgIpc) is 2.05. The van der Waals surface area contributed by atoms with Crippen LogP contribution >= 0.6 is 0 Å². The normalized spacial score (nSPS) is 12.4. The smallest absolute Gasteiger partial charge is 0.154 e. The van der Waals surface area contributed by atoms with Crippen LogP contribution in [0.5, 0.6) is 0 Å². The van der Waals surface area contributed by atoms with Gasteiger partial charge >= 0.3 is 0 Å². The van der Waals surface area contributed by atoms with Crippen molar-refractivity contribution in [2.45, 2.75) is 39.4 Å². The van der Waals surface area contributed by atoms with E-state index in [4.69, 9.17) is 15.9 Å². The van der Waals surface area contributed by atoms with Crippen LogP contribution in [0.4, 0.5) is 0 Å². The highest BCUT2D eigenvalue weighted by atomic mass is 16.7. The molecule has 0 aliphatic heterocycles. The van der Waals surface area contributed by atoms with E-state index in [1.54, 1.807) is 0 Å². The third-order valence-electron chi connectivity index (χ3n) is 1.47. The van der Waals surface area contributed by atoms with Crippen LogP contribution in [-0.4, -0.2) is 19.5 Å². The molecule has 0 aliphatic rings. The van der Waals surface area contributed by atoms with Crippen LogP contribution in [0.1, 0.15) is 33.1 Å². The van der Waals surface area contributed by atoms with Gasteiger partial charge in [-0.1, -0.05) is 0 Å². The van der Waals surface area contributed by atoms with Crippen molar-refractivity contribution in [2.75, 3.05) is 13.2 Å². The molecule has 12 heavy (non-hydrogen) atoms.